The molecule has 0 saturated carbocycles. The molecular weight excluding hydrogens is 236 g/mol. The highest BCUT2D eigenvalue weighted by molar-refractivity contribution is 5.91. The van der Waals surface area contributed by atoms with Gasteiger partial charge in [0.2, 0.25) is 0 Å². The number of carboxylic acids is 1. The molecule has 0 aliphatic carbocycles. The summed E-state index contributed by atoms with van der Waals surface area (Å²) in [5.41, 5.74) is 0.861. The molecule has 0 atom stereocenters. The molecule has 0 radical (unpaired) electrons. The summed E-state index contributed by atoms with van der Waals surface area (Å²) >= 11 is 0. The molecule has 0 saturated heterocycles. The standard InChI is InChI=1S/C13H16O5/c1-3-18-12(14)7-5-9-4-6-11(17-2)10(8-9)13(15)16/h4,6,8H,3,5,7H2,1-2H3,(H,15,16). The van der Waals surface area contributed by atoms with Crippen molar-refractivity contribution in [3.05, 3.63) is 29.3 Å². The Kier molecular flexibility index (Phi) is 5.17. The monoisotopic (exact) mass is 252 g/mol. The van der Waals surface area contributed by atoms with Gasteiger partial charge in [0.25, 0.3) is 0 Å². The molecule has 1 aromatic carbocycles. The molecule has 5 heteroatoms. The highest BCUT2D eigenvalue weighted by Gasteiger charge is 2.12. The molecule has 5 nitrogen and oxygen atoms in total. The number of carboxylic acid groups (broad SMARTS) is 1. The van der Waals surface area contributed by atoms with Gasteiger partial charge in [0.15, 0.2) is 0 Å². The van der Waals surface area contributed by atoms with Gasteiger partial charge < -0.3 is 14.6 Å². The van der Waals surface area contributed by atoms with Crippen molar-refractivity contribution >= 4 is 11.9 Å². The molecule has 0 aromatic heterocycles. The Bertz CT molecular complexity index is 439. The highest BCUT2D eigenvalue weighted by atomic mass is 16.5. The van der Waals surface area contributed by atoms with Crippen LogP contribution in [-0.2, 0) is 16.0 Å². The maximum absolute atomic E-state index is 11.2. The maximum Gasteiger partial charge on any atom is 0.339 e. The molecule has 0 aliphatic rings. The van der Waals surface area contributed by atoms with Gasteiger partial charge >= 0.3 is 11.9 Å². The SMILES string of the molecule is CCOC(=O)CCc1ccc(OC)c(C(=O)O)c1. The second kappa shape index (κ2) is 6.64. The van der Waals surface area contributed by atoms with Crippen LogP contribution in [0.2, 0.25) is 0 Å². The number of aryl methyl sites for hydroxylation is 1. The molecule has 18 heavy (non-hydrogen) atoms. The molecule has 1 N–H and O–H groups in total. The summed E-state index contributed by atoms with van der Waals surface area (Å²) < 4.78 is 9.76. The first kappa shape index (κ1) is 14.0. The first-order valence-electron chi connectivity index (χ1n) is 5.64. The number of methoxy groups -OCH3 is 1. The van der Waals surface area contributed by atoms with Crippen molar-refractivity contribution in [2.24, 2.45) is 0 Å². The summed E-state index contributed by atoms with van der Waals surface area (Å²) in [5.74, 6) is -1.03. The van der Waals surface area contributed by atoms with Crippen LogP contribution in [0.25, 0.3) is 0 Å². The lowest BCUT2D eigenvalue weighted by atomic mass is 10.1. The van der Waals surface area contributed by atoms with E-state index in [1.165, 1.54) is 13.2 Å². The third kappa shape index (κ3) is 3.76. The summed E-state index contributed by atoms with van der Waals surface area (Å²) in [6.07, 6.45) is 0.683. The topological polar surface area (TPSA) is 72.8 Å². The van der Waals surface area contributed by atoms with Crippen molar-refractivity contribution < 1.29 is 24.2 Å². The Morgan fingerprint density at radius 3 is 2.61 bits per heavy atom. The van der Waals surface area contributed by atoms with E-state index in [4.69, 9.17) is 14.6 Å². The zero-order chi connectivity index (χ0) is 13.5. The van der Waals surface area contributed by atoms with Crippen molar-refractivity contribution in [2.45, 2.75) is 19.8 Å². The number of carbonyl (C=O) groups excluding carboxylic acids is 1. The predicted molar refractivity (Wildman–Crippen MR) is 64.9 cm³/mol. The Morgan fingerprint density at radius 2 is 2.06 bits per heavy atom. The number of hydrogen-bond donors (Lipinski definition) is 1. The fourth-order valence-electron chi connectivity index (χ4n) is 1.56. The van der Waals surface area contributed by atoms with Crippen molar-refractivity contribution in [2.75, 3.05) is 13.7 Å². The lowest BCUT2D eigenvalue weighted by Gasteiger charge is -2.07. The third-order valence-corrected chi connectivity index (χ3v) is 2.42. The number of carbonyl (C=O) groups is 2. The van der Waals surface area contributed by atoms with Gasteiger partial charge in [0.1, 0.15) is 11.3 Å². The fourth-order valence-corrected chi connectivity index (χ4v) is 1.56. The number of aromatic carboxylic acids is 1. The minimum Gasteiger partial charge on any atom is -0.496 e. The molecule has 0 bridgehead atoms. The first-order valence-corrected chi connectivity index (χ1v) is 5.64. The van der Waals surface area contributed by atoms with Gasteiger partial charge in [0.05, 0.1) is 13.7 Å². The van der Waals surface area contributed by atoms with E-state index >= 15 is 0 Å². The molecule has 0 spiro atoms. The van der Waals surface area contributed by atoms with Crippen LogP contribution in [0.5, 0.6) is 5.75 Å². The molecule has 0 amide bonds. The Morgan fingerprint density at radius 1 is 1.33 bits per heavy atom. The Labute approximate surface area is 105 Å². The molecular formula is C13H16O5. The van der Waals surface area contributed by atoms with E-state index in [0.717, 1.165) is 5.56 Å². The Hall–Kier alpha value is -2.04. The zero-order valence-electron chi connectivity index (χ0n) is 10.4. The van der Waals surface area contributed by atoms with Gasteiger partial charge in [-0.05, 0) is 31.0 Å². The number of ether oxygens (including phenoxy) is 2. The molecule has 0 heterocycles. The second-order valence-corrected chi connectivity index (χ2v) is 3.64. The van der Waals surface area contributed by atoms with Gasteiger partial charge in [-0.3, -0.25) is 4.79 Å². The third-order valence-electron chi connectivity index (χ3n) is 2.42. The minimum atomic E-state index is -1.05. The smallest absolute Gasteiger partial charge is 0.339 e. The predicted octanol–water partition coefficient (Wildman–Crippen LogP) is 1.89. The van der Waals surface area contributed by atoms with Gasteiger partial charge in [0, 0.05) is 6.42 Å². The van der Waals surface area contributed by atoms with Crippen LogP contribution in [0.3, 0.4) is 0 Å². The van der Waals surface area contributed by atoms with Crippen LogP contribution in [0.4, 0.5) is 0 Å². The van der Waals surface area contributed by atoms with Crippen LogP contribution in [0.1, 0.15) is 29.3 Å². The van der Waals surface area contributed by atoms with E-state index in [2.05, 4.69) is 0 Å². The van der Waals surface area contributed by atoms with Gasteiger partial charge in [-0.25, -0.2) is 4.79 Å². The zero-order valence-corrected chi connectivity index (χ0v) is 10.4. The average molecular weight is 252 g/mol. The molecule has 0 aliphatic heterocycles. The molecule has 1 rings (SSSR count). The number of esters is 1. The van der Waals surface area contributed by atoms with E-state index < -0.39 is 5.97 Å². The summed E-state index contributed by atoms with van der Waals surface area (Å²) in [6, 6.07) is 4.84. The lowest BCUT2D eigenvalue weighted by molar-refractivity contribution is -0.143. The summed E-state index contributed by atoms with van der Waals surface area (Å²) in [7, 11) is 1.42. The van der Waals surface area contributed by atoms with Crippen molar-refractivity contribution in [1.29, 1.82) is 0 Å². The van der Waals surface area contributed by atoms with Crippen LogP contribution in [0, 0.1) is 0 Å². The van der Waals surface area contributed by atoms with E-state index in [0.29, 0.717) is 18.8 Å². The number of rotatable bonds is 6. The Balaban J connectivity index is 2.76. The van der Waals surface area contributed by atoms with Crippen molar-refractivity contribution in [1.82, 2.24) is 0 Å². The van der Waals surface area contributed by atoms with Crippen LogP contribution < -0.4 is 4.74 Å². The summed E-state index contributed by atoms with van der Waals surface area (Å²) in [6.45, 7) is 2.09. The highest BCUT2D eigenvalue weighted by Crippen LogP contribution is 2.20. The summed E-state index contributed by atoms with van der Waals surface area (Å²) in [5, 5.41) is 9.01. The lowest BCUT2D eigenvalue weighted by Crippen LogP contribution is -2.06. The van der Waals surface area contributed by atoms with Gasteiger partial charge in [-0.2, -0.15) is 0 Å². The number of hydrogen-bond acceptors (Lipinski definition) is 4. The average Bonchev–Trinajstić information content (AvgIpc) is 2.36. The molecule has 98 valence electrons. The van der Waals surface area contributed by atoms with E-state index in [9.17, 15) is 9.59 Å². The normalized spacial score (nSPS) is 9.89. The molecule has 0 unspecified atom stereocenters. The fraction of sp³-hybridized carbons (Fsp3) is 0.385. The van der Waals surface area contributed by atoms with Crippen LogP contribution >= 0.6 is 0 Å². The van der Waals surface area contributed by atoms with E-state index in [1.54, 1.807) is 19.1 Å². The van der Waals surface area contributed by atoms with E-state index in [1.807, 2.05) is 0 Å². The number of benzene rings is 1. The second-order valence-electron chi connectivity index (χ2n) is 3.64. The quantitative estimate of drug-likeness (QED) is 0.783. The van der Waals surface area contributed by atoms with Crippen molar-refractivity contribution in [3.63, 3.8) is 0 Å². The van der Waals surface area contributed by atoms with Gasteiger partial charge in [-0.15, -0.1) is 0 Å². The first-order chi connectivity index (χ1) is 8.58. The van der Waals surface area contributed by atoms with E-state index in [-0.39, 0.29) is 18.0 Å². The summed E-state index contributed by atoms with van der Waals surface area (Å²) in [4.78, 5) is 22.2. The largest absolute Gasteiger partial charge is 0.496 e. The van der Waals surface area contributed by atoms with Crippen molar-refractivity contribution in [3.8, 4) is 5.75 Å². The van der Waals surface area contributed by atoms with Crippen LogP contribution in [0.15, 0.2) is 18.2 Å². The van der Waals surface area contributed by atoms with Gasteiger partial charge in [-0.1, -0.05) is 6.07 Å². The van der Waals surface area contributed by atoms with Crippen LogP contribution in [-0.4, -0.2) is 30.8 Å². The maximum atomic E-state index is 11.2. The minimum absolute atomic E-state index is 0.0962. The molecule has 1 aromatic rings. The molecule has 0 fully saturated rings.